The molecule has 4 unspecified atom stereocenters. The minimum absolute atomic E-state index is 0.0798. The zero-order valence-electron chi connectivity index (χ0n) is 24.3. The van der Waals surface area contributed by atoms with E-state index in [9.17, 15) is 34.2 Å². The van der Waals surface area contributed by atoms with Crippen LogP contribution in [0.25, 0.3) is 22.1 Å². The number of nitrogens with one attached hydrogen (secondary N) is 2. The number of benzene rings is 2. The van der Waals surface area contributed by atoms with Crippen molar-refractivity contribution in [2.45, 2.75) is 55.7 Å². The Kier molecular flexibility index (Phi) is 10.1. The Bertz CT molecular complexity index is 1680. The number of aliphatic hydroxyl groups is 1. The molecule has 3 aromatic rings. The molecule has 0 saturated carbocycles. The van der Waals surface area contributed by atoms with Gasteiger partial charge in [0.25, 0.3) is 0 Å². The van der Waals surface area contributed by atoms with E-state index < -0.39 is 65.0 Å². The molecule has 15 heteroatoms. The first-order chi connectivity index (χ1) is 21.2. The predicted molar refractivity (Wildman–Crippen MR) is 163 cm³/mol. The largest absolute Gasteiger partial charge is 0.507 e. The van der Waals surface area contributed by atoms with Gasteiger partial charge in [-0.2, -0.15) is 0 Å². The van der Waals surface area contributed by atoms with Gasteiger partial charge in [-0.1, -0.05) is 30.3 Å². The molecule has 8 N–H and O–H groups in total. The van der Waals surface area contributed by atoms with Gasteiger partial charge in [0.1, 0.15) is 41.8 Å². The third-order valence-corrected chi connectivity index (χ3v) is 8.94. The summed E-state index contributed by atoms with van der Waals surface area (Å²) in [6, 6.07) is 8.82. The molecular weight excluding hydrogens is 610 g/mol. The van der Waals surface area contributed by atoms with Gasteiger partial charge < -0.3 is 45.9 Å². The molecular formula is C30H33N3O11S. The zero-order valence-corrected chi connectivity index (χ0v) is 25.1. The number of aliphatic carboxylic acids is 2. The second kappa shape index (κ2) is 13.6. The number of rotatable bonds is 12. The number of aliphatic hydroxyl groups excluding tert-OH is 1. The molecule has 1 aliphatic rings. The molecule has 14 nitrogen and oxygen atoms in total. The number of nitrogens with two attached hydrogens (primary N) is 1. The fourth-order valence-electron chi connectivity index (χ4n) is 5.04. The highest BCUT2D eigenvalue weighted by Crippen LogP contribution is 2.51. The lowest BCUT2D eigenvalue weighted by atomic mass is 9.88. The van der Waals surface area contributed by atoms with Crippen molar-refractivity contribution >= 4 is 46.5 Å². The molecule has 0 bridgehead atoms. The number of phenolic OH excluding ortho intramolecular Hbond substituents is 1. The molecule has 45 heavy (non-hydrogen) atoms. The van der Waals surface area contributed by atoms with Crippen molar-refractivity contribution < 1.29 is 48.8 Å². The number of thioether (sulfide) groups is 1. The minimum atomic E-state index is -1.36. The standard InChI is InChI=1S/C30H33N3O11S/c1-30(2)27(45-13-17(28(40)32-12-21(36)37)33-20(35)9-8-16(31)29(41)42)25(39)24-19(44-30)11-18(34)23-15(10-22(38)43-26(23)24)14-6-4-3-5-7-14/h3-7,10-11,16-17,25,27,34,39H,8-9,12-13,31H2,1-2H3,(H,32,40)(H,33,35)(H,36,37)(H,41,42). The molecule has 0 fully saturated rings. The molecule has 0 radical (unpaired) electrons. The Hall–Kier alpha value is -4.60. The van der Waals surface area contributed by atoms with Gasteiger partial charge >= 0.3 is 17.6 Å². The van der Waals surface area contributed by atoms with E-state index in [1.54, 1.807) is 44.2 Å². The van der Waals surface area contributed by atoms with Crippen LogP contribution in [0.5, 0.6) is 11.5 Å². The second-order valence-corrected chi connectivity index (χ2v) is 12.2. The van der Waals surface area contributed by atoms with Gasteiger partial charge in [0, 0.05) is 29.9 Å². The van der Waals surface area contributed by atoms with E-state index in [2.05, 4.69) is 10.6 Å². The lowest BCUT2D eigenvalue weighted by Gasteiger charge is -2.43. The average molecular weight is 644 g/mol. The van der Waals surface area contributed by atoms with Crippen molar-refractivity contribution in [2.75, 3.05) is 12.3 Å². The molecule has 0 aliphatic carbocycles. The normalized spacial score (nSPS) is 18.2. The Balaban J connectivity index is 1.66. The fourth-order valence-corrected chi connectivity index (χ4v) is 6.45. The zero-order chi connectivity index (χ0) is 33.1. The fraction of sp³-hybridized carbons (Fsp3) is 0.367. The van der Waals surface area contributed by atoms with Crippen LogP contribution >= 0.6 is 11.8 Å². The Labute approximate surface area is 260 Å². The van der Waals surface area contributed by atoms with Crippen LogP contribution in [0.15, 0.2) is 51.7 Å². The van der Waals surface area contributed by atoms with Crippen LogP contribution < -0.4 is 26.7 Å². The van der Waals surface area contributed by atoms with Crippen LogP contribution in [0.4, 0.5) is 0 Å². The predicted octanol–water partition coefficient (Wildman–Crippen LogP) is 1.35. The summed E-state index contributed by atoms with van der Waals surface area (Å²) < 4.78 is 11.7. The van der Waals surface area contributed by atoms with Gasteiger partial charge in [-0.3, -0.25) is 19.2 Å². The number of aromatic hydroxyl groups is 1. The first-order valence-electron chi connectivity index (χ1n) is 13.8. The van der Waals surface area contributed by atoms with Crippen molar-refractivity contribution in [1.82, 2.24) is 10.6 Å². The van der Waals surface area contributed by atoms with Crippen molar-refractivity contribution in [1.29, 1.82) is 0 Å². The van der Waals surface area contributed by atoms with Gasteiger partial charge in [-0.05, 0) is 25.8 Å². The maximum absolute atomic E-state index is 12.9. The van der Waals surface area contributed by atoms with E-state index in [1.807, 2.05) is 0 Å². The molecule has 0 saturated heterocycles. The van der Waals surface area contributed by atoms with Crippen LogP contribution in [-0.2, 0) is 19.2 Å². The van der Waals surface area contributed by atoms with Gasteiger partial charge in [0.2, 0.25) is 11.8 Å². The van der Waals surface area contributed by atoms with Crippen LogP contribution in [-0.4, -0.2) is 79.4 Å². The number of carbonyl (C=O) groups excluding carboxylic acids is 2. The van der Waals surface area contributed by atoms with E-state index in [4.69, 9.17) is 25.1 Å². The Morgan fingerprint density at radius 2 is 1.80 bits per heavy atom. The second-order valence-electron chi connectivity index (χ2n) is 11.0. The average Bonchev–Trinajstić information content (AvgIpc) is 2.97. The molecule has 4 rings (SSSR count). The number of hydrogen-bond acceptors (Lipinski definition) is 11. The van der Waals surface area contributed by atoms with E-state index >= 15 is 0 Å². The highest BCUT2D eigenvalue weighted by atomic mass is 32.2. The number of hydrogen-bond donors (Lipinski definition) is 7. The van der Waals surface area contributed by atoms with Crippen LogP contribution in [0.3, 0.4) is 0 Å². The Morgan fingerprint density at radius 3 is 2.44 bits per heavy atom. The number of ether oxygens (including phenoxy) is 1. The highest BCUT2D eigenvalue weighted by Gasteiger charge is 2.46. The van der Waals surface area contributed by atoms with Gasteiger partial charge in [-0.25, -0.2) is 4.79 Å². The van der Waals surface area contributed by atoms with Gasteiger partial charge in [0.05, 0.1) is 16.2 Å². The smallest absolute Gasteiger partial charge is 0.336 e. The summed E-state index contributed by atoms with van der Waals surface area (Å²) in [5, 5.41) is 44.7. The minimum Gasteiger partial charge on any atom is -0.507 e. The number of carbonyl (C=O) groups is 4. The van der Waals surface area contributed by atoms with E-state index in [0.717, 1.165) is 11.8 Å². The third-order valence-electron chi connectivity index (χ3n) is 7.23. The maximum atomic E-state index is 12.9. The first kappa shape index (κ1) is 33.3. The number of carboxylic acids is 2. The summed E-state index contributed by atoms with van der Waals surface area (Å²) in [5.74, 6) is -4.43. The molecule has 2 aromatic carbocycles. The van der Waals surface area contributed by atoms with Crippen molar-refractivity contribution in [3.63, 3.8) is 0 Å². The highest BCUT2D eigenvalue weighted by molar-refractivity contribution is 8.00. The number of amides is 2. The summed E-state index contributed by atoms with van der Waals surface area (Å²) in [6.45, 7) is 2.62. The number of phenols is 1. The summed E-state index contributed by atoms with van der Waals surface area (Å²) >= 11 is 1.04. The molecule has 2 amide bonds. The lowest BCUT2D eigenvalue weighted by molar-refractivity contribution is -0.139. The topological polar surface area (TPSA) is 239 Å². The molecule has 1 aliphatic heterocycles. The van der Waals surface area contributed by atoms with E-state index in [0.29, 0.717) is 11.1 Å². The molecule has 0 spiro atoms. The maximum Gasteiger partial charge on any atom is 0.336 e. The summed E-state index contributed by atoms with van der Waals surface area (Å²) in [7, 11) is 0. The van der Waals surface area contributed by atoms with Crippen molar-refractivity contribution in [3.8, 4) is 22.6 Å². The molecule has 4 atom stereocenters. The van der Waals surface area contributed by atoms with E-state index in [1.165, 1.54) is 12.1 Å². The van der Waals surface area contributed by atoms with Crippen LogP contribution in [0.1, 0.15) is 38.4 Å². The number of carboxylic acid groups (broad SMARTS) is 2. The molecule has 240 valence electrons. The van der Waals surface area contributed by atoms with E-state index in [-0.39, 0.29) is 46.6 Å². The van der Waals surface area contributed by atoms with Gasteiger partial charge in [0.15, 0.2) is 5.58 Å². The molecule has 1 aromatic heterocycles. The SMILES string of the molecule is CC1(C)Oc2cc(O)c3c(-c4ccccc4)cc(=O)oc3c2C(O)C1SCC(NC(=O)CCC(N)C(=O)O)C(=O)NCC(=O)O. The summed E-state index contributed by atoms with van der Waals surface area (Å²) in [5.41, 5.74) is 4.64. The van der Waals surface area contributed by atoms with Crippen LogP contribution in [0.2, 0.25) is 0 Å². The quantitative estimate of drug-likeness (QED) is 0.138. The van der Waals surface area contributed by atoms with Crippen molar-refractivity contribution in [3.05, 3.63) is 58.4 Å². The number of fused-ring (bicyclic) bond motifs is 3. The molecule has 2 heterocycles. The lowest BCUT2D eigenvalue weighted by Crippen LogP contribution is -2.52. The van der Waals surface area contributed by atoms with Crippen LogP contribution in [0, 0.1) is 0 Å². The van der Waals surface area contributed by atoms with Crippen molar-refractivity contribution in [2.24, 2.45) is 5.73 Å². The first-order valence-corrected chi connectivity index (χ1v) is 14.9. The van der Waals surface area contributed by atoms with Gasteiger partial charge in [-0.15, -0.1) is 11.8 Å². The summed E-state index contributed by atoms with van der Waals surface area (Å²) in [4.78, 5) is 60.2. The third kappa shape index (κ3) is 7.56. The monoisotopic (exact) mass is 643 g/mol. The summed E-state index contributed by atoms with van der Waals surface area (Å²) in [6.07, 6.45) is -1.88. The Morgan fingerprint density at radius 1 is 1.11 bits per heavy atom.